The van der Waals surface area contributed by atoms with E-state index < -0.39 is 4.92 Å². The average Bonchev–Trinajstić information content (AvgIpc) is 2.75. The molecule has 1 atom stereocenters. The molecule has 1 saturated heterocycles. The van der Waals surface area contributed by atoms with E-state index in [1.165, 1.54) is 6.33 Å². The summed E-state index contributed by atoms with van der Waals surface area (Å²) in [5, 5.41) is 17.2. The molecule has 13 heavy (non-hydrogen) atoms. The summed E-state index contributed by atoms with van der Waals surface area (Å²) in [6.45, 7) is 1.73. The van der Waals surface area contributed by atoms with Crippen molar-refractivity contribution in [2.75, 3.05) is 13.1 Å². The summed E-state index contributed by atoms with van der Waals surface area (Å²) in [5.41, 5.74) is 0. The first kappa shape index (κ1) is 8.11. The van der Waals surface area contributed by atoms with Gasteiger partial charge in [0.2, 0.25) is 6.33 Å². The van der Waals surface area contributed by atoms with Crippen LogP contribution in [0.3, 0.4) is 0 Å². The summed E-state index contributed by atoms with van der Waals surface area (Å²) in [6.07, 6.45) is 2.36. The maximum Gasteiger partial charge on any atom is 0.490 e. The minimum Gasteiger partial charge on any atom is -0.390 e. The zero-order valence-electron chi connectivity index (χ0n) is 6.88. The van der Waals surface area contributed by atoms with Gasteiger partial charge >= 0.3 is 5.95 Å². The molecule has 1 aromatic heterocycles. The van der Waals surface area contributed by atoms with Crippen LogP contribution < -0.4 is 5.32 Å². The van der Waals surface area contributed by atoms with Crippen LogP contribution in [0.25, 0.3) is 0 Å². The zero-order valence-corrected chi connectivity index (χ0v) is 6.88. The van der Waals surface area contributed by atoms with Gasteiger partial charge in [0, 0.05) is 11.6 Å². The van der Waals surface area contributed by atoms with Crippen LogP contribution in [-0.4, -0.2) is 32.8 Å². The SMILES string of the molecule is O=[N+]([O-])c1ncn(C2CCNC2)n1. The minimum absolute atomic E-state index is 0.209. The van der Waals surface area contributed by atoms with Crippen LogP contribution in [0.15, 0.2) is 6.33 Å². The van der Waals surface area contributed by atoms with E-state index >= 15 is 0 Å². The van der Waals surface area contributed by atoms with E-state index in [2.05, 4.69) is 15.4 Å². The maximum absolute atomic E-state index is 10.3. The number of rotatable bonds is 2. The molecular weight excluding hydrogens is 174 g/mol. The molecule has 70 valence electrons. The van der Waals surface area contributed by atoms with E-state index in [1.807, 2.05) is 0 Å². The second kappa shape index (κ2) is 3.09. The van der Waals surface area contributed by atoms with Crippen LogP contribution >= 0.6 is 0 Å². The topological polar surface area (TPSA) is 85.9 Å². The van der Waals surface area contributed by atoms with Crippen molar-refractivity contribution >= 4 is 5.95 Å². The van der Waals surface area contributed by atoms with E-state index in [-0.39, 0.29) is 12.0 Å². The van der Waals surface area contributed by atoms with Gasteiger partial charge in [0.05, 0.1) is 6.04 Å². The van der Waals surface area contributed by atoms with Crippen molar-refractivity contribution < 1.29 is 4.92 Å². The average molecular weight is 183 g/mol. The fraction of sp³-hybridized carbons (Fsp3) is 0.667. The van der Waals surface area contributed by atoms with Crippen molar-refractivity contribution in [2.45, 2.75) is 12.5 Å². The number of hydrogen-bond donors (Lipinski definition) is 1. The van der Waals surface area contributed by atoms with Gasteiger partial charge in [-0.3, -0.25) is 0 Å². The fourth-order valence-corrected chi connectivity index (χ4v) is 1.39. The van der Waals surface area contributed by atoms with Gasteiger partial charge in [-0.15, -0.1) is 0 Å². The molecule has 2 heterocycles. The third kappa shape index (κ3) is 1.50. The van der Waals surface area contributed by atoms with E-state index in [9.17, 15) is 10.1 Å². The molecule has 0 aromatic carbocycles. The Bertz CT molecular complexity index is 317. The summed E-state index contributed by atoms with van der Waals surface area (Å²) >= 11 is 0. The van der Waals surface area contributed by atoms with Gasteiger partial charge in [-0.05, 0) is 17.9 Å². The molecule has 0 saturated carbocycles. The Kier molecular flexibility index (Phi) is 1.93. The Morgan fingerprint density at radius 2 is 2.62 bits per heavy atom. The summed E-state index contributed by atoms with van der Waals surface area (Å²) in [5.74, 6) is -0.327. The van der Waals surface area contributed by atoms with E-state index in [0.29, 0.717) is 0 Å². The number of aromatic nitrogens is 3. The molecule has 1 aliphatic rings. The van der Waals surface area contributed by atoms with Gasteiger partial charge in [0.1, 0.15) is 0 Å². The Balaban J connectivity index is 2.16. The van der Waals surface area contributed by atoms with Crippen molar-refractivity contribution in [3.05, 3.63) is 16.4 Å². The van der Waals surface area contributed by atoms with Crippen LogP contribution in [0.4, 0.5) is 5.95 Å². The molecule has 7 nitrogen and oxygen atoms in total. The molecule has 0 bridgehead atoms. The van der Waals surface area contributed by atoms with Crippen LogP contribution in [-0.2, 0) is 0 Å². The molecule has 1 fully saturated rings. The maximum atomic E-state index is 10.3. The van der Waals surface area contributed by atoms with Gasteiger partial charge in [-0.2, -0.15) is 4.68 Å². The molecule has 1 aromatic rings. The van der Waals surface area contributed by atoms with E-state index in [0.717, 1.165) is 19.5 Å². The quantitative estimate of drug-likeness (QED) is 0.503. The second-order valence-electron chi connectivity index (χ2n) is 2.93. The van der Waals surface area contributed by atoms with Crippen molar-refractivity contribution in [2.24, 2.45) is 0 Å². The first-order valence-corrected chi connectivity index (χ1v) is 4.03. The van der Waals surface area contributed by atoms with Crippen molar-refractivity contribution in [1.29, 1.82) is 0 Å². The Morgan fingerprint density at radius 3 is 3.15 bits per heavy atom. The van der Waals surface area contributed by atoms with E-state index in [1.54, 1.807) is 4.68 Å². The summed E-state index contributed by atoms with van der Waals surface area (Å²) < 4.78 is 1.55. The van der Waals surface area contributed by atoms with Gasteiger partial charge in [0.25, 0.3) is 0 Å². The number of nitrogens with one attached hydrogen (secondary N) is 1. The lowest BCUT2D eigenvalue weighted by Crippen LogP contribution is -2.13. The van der Waals surface area contributed by atoms with Crippen molar-refractivity contribution in [3.63, 3.8) is 0 Å². The summed E-state index contributed by atoms with van der Waals surface area (Å²) in [4.78, 5) is 13.3. The lowest BCUT2D eigenvalue weighted by atomic mass is 10.3. The minimum atomic E-state index is -0.584. The predicted octanol–water partition coefficient (Wildman–Crippen LogP) is -0.279. The highest BCUT2D eigenvalue weighted by Gasteiger charge is 2.22. The highest BCUT2D eigenvalue weighted by Crippen LogP contribution is 2.14. The molecule has 0 spiro atoms. The molecule has 0 aliphatic carbocycles. The molecule has 1 aliphatic heterocycles. The van der Waals surface area contributed by atoms with E-state index in [4.69, 9.17) is 0 Å². The van der Waals surface area contributed by atoms with Crippen molar-refractivity contribution in [3.8, 4) is 0 Å². The molecule has 7 heteroatoms. The number of hydrogen-bond acceptors (Lipinski definition) is 5. The zero-order chi connectivity index (χ0) is 9.26. The standard InChI is InChI=1S/C6H9N5O2/c12-11(13)6-8-4-10(9-6)5-1-2-7-3-5/h4-5,7H,1-3H2. The summed E-state index contributed by atoms with van der Waals surface area (Å²) in [7, 11) is 0. The summed E-state index contributed by atoms with van der Waals surface area (Å²) in [6, 6.07) is 0.209. The molecule has 1 unspecified atom stereocenters. The normalized spacial score (nSPS) is 22.0. The third-order valence-electron chi connectivity index (χ3n) is 2.07. The highest BCUT2D eigenvalue weighted by atomic mass is 16.6. The first-order valence-electron chi connectivity index (χ1n) is 4.03. The second-order valence-corrected chi connectivity index (χ2v) is 2.93. The van der Waals surface area contributed by atoms with Gasteiger partial charge in [0.15, 0.2) is 0 Å². The molecule has 0 amide bonds. The fourth-order valence-electron chi connectivity index (χ4n) is 1.39. The Labute approximate surface area is 73.9 Å². The monoisotopic (exact) mass is 183 g/mol. The molecule has 2 rings (SSSR count). The highest BCUT2D eigenvalue weighted by molar-refractivity contribution is 4.98. The smallest absolute Gasteiger partial charge is 0.390 e. The molecular formula is C6H9N5O2. The third-order valence-corrected chi connectivity index (χ3v) is 2.07. The predicted molar refractivity (Wildman–Crippen MR) is 43.2 cm³/mol. The molecule has 1 N–H and O–H groups in total. The lowest BCUT2D eigenvalue weighted by Gasteiger charge is -2.01. The van der Waals surface area contributed by atoms with Gasteiger partial charge in [-0.1, -0.05) is 4.98 Å². The van der Waals surface area contributed by atoms with Gasteiger partial charge in [-0.25, -0.2) is 0 Å². The number of nitrogens with zero attached hydrogens (tertiary/aromatic N) is 4. The Morgan fingerprint density at radius 1 is 1.77 bits per heavy atom. The molecule has 0 radical (unpaired) electrons. The van der Waals surface area contributed by atoms with Crippen LogP contribution in [0, 0.1) is 10.1 Å². The van der Waals surface area contributed by atoms with Crippen LogP contribution in [0.5, 0.6) is 0 Å². The largest absolute Gasteiger partial charge is 0.490 e. The first-order chi connectivity index (χ1) is 6.27. The van der Waals surface area contributed by atoms with Crippen LogP contribution in [0.1, 0.15) is 12.5 Å². The lowest BCUT2D eigenvalue weighted by molar-refractivity contribution is -0.394. The Hall–Kier alpha value is -1.50. The van der Waals surface area contributed by atoms with Crippen LogP contribution in [0.2, 0.25) is 0 Å². The van der Waals surface area contributed by atoms with Crippen molar-refractivity contribution in [1.82, 2.24) is 20.1 Å². The van der Waals surface area contributed by atoms with Gasteiger partial charge < -0.3 is 15.4 Å². The number of nitro groups is 1.